The van der Waals surface area contributed by atoms with Crippen molar-refractivity contribution in [3.8, 4) is 11.5 Å². The van der Waals surface area contributed by atoms with Crippen LogP contribution in [-0.2, 0) is 14.3 Å². The van der Waals surface area contributed by atoms with Gasteiger partial charge < -0.3 is 23.8 Å². The van der Waals surface area contributed by atoms with Crippen LogP contribution in [0, 0.1) is 0 Å². The van der Waals surface area contributed by atoms with Gasteiger partial charge in [0.1, 0.15) is 13.2 Å². The molecule has 1 amide bonds. The molecule has 146 valence electrons. The highest BCUT2D eigenvalue weighted by atomic mass is 16.7. The van der Waals surface area contributed by atoms with E-state index in [0.29, 0.717) is 75.8 Å². The SMILES string of the molecule is O=C(CCCC(=O)N1CCC2(CC1)OCCO2)c1ccc2c(c1)OCCO2. The number of benzene rings is 1. The number of carbonyl (C=O) groups excluding carboxylic acids is 2. The molecule has 1 spiro atoms. The molecule has 7 nitrogen and oxygen atoms in total. The summed E-state index contributed by atoms with van der Waals surface area (Å²) in [5.41, 5.74) is 0.599. The van der Waals surface area contributed by atoms with Gasteiger partial charge in [0.15, 0.2) is 23.1 Å². The summed E-state index contributed by atoms with van der Waals surface area (Å²) in [6.45, 7) is 3.58. The Balaban J connectivity index is 1.22. The van der Waals surface area contributed by atoms with Gasteiger partial charge in [-0.25, -0.2) is 0 Å². The summed E-state index contributed by atoms with van der Waals surface area (Å²) in [6, 6.07) is 5.25. The molecule has 3 aliphatic rings. The molecule has 1 aromatic rings. The van der Waals surface area contributed by atoms with Crippen molar-refractivity contribution in [3.05, 3.63) is 23.8 Å². The van der Waals surface area contributed by atoms with Crippen LogP contribution in [0.25, 0.3) is 0 Å². The average molecular weight is 375 g/mol. The molecule has 27 heavy (non-hydrogen) atoms. The molecule has 0 atom stereocenters. The Kier molecular flexibility index (Phi) is 5.31. The van der Waals surface area contributed by atoms with E-state index in [1.54, 1.807) is 18.2 Å². The molecule has 0 N–H and O–H groups in total. The molecule has 0 aliphatic carbocycles. The topological polar surface area (TPSA) is 74.3 Å². The van der Waals surface area contributed by atoms with Crippen LogP contribution in [0.15, 0.2) is 18.2 Å². The van der Waals surface area contributed by atoms with E-state index in [0.717, 1.165) is 12.8 Å². The number of amides is 1. The average Bonchev–Trinajstić information content (AvgIpc) is 3.16. The lowest BCUT2D eigenvalue weighted by Gasteiger charge is -2.37. The number of hydrogen-bond acceptors (Lipinski definition) is 6. The summed E-state index contributed by atoms with van der Waals surface area (Å²) < 4.78 is 22.4. The third kappa shape index (κ3) is 4.09. The molecule has 3 aliphatic heterocycles. The molecule has 2 fully saturated rings. The van der Waals surface area contributed by atoms with Crippen molar-refractivity contribution in [3.63, 3.8) is 0 Å². The maximum absolute atomic E-state index is 12.4. The lowest BCUT2D eigenvalue weighted by molar-refractivity contribution is -0.187. The van der Waals surface area contributed by atoms with E-state index in [1.807, 2.05) is 4.90 Å². The molecule has 0 radical (unpaired) electrons. The van der Waals surface area contributed by atoms with Crippen LogP contribution in [0.1, 0.15) is 42.5 Å². The van der Waals surface area contributed by atoms with Crippen LogP contribution in [0.4, 0.5) is 0 Å². The molecular formula is C20H25NO6. The predicted molar refractivity (Wildman–Crippen MR) is 96.1 cm³/mol. The second-order valence-electron chi connectivity index (χ2n) is 7.12. The number of piperidine rings is 1. The predicted octanol–water partition coefficient (Wildman–Crippen LogP) is 2.18. The standard InChI is InChI=1S/C20H25NO6/c22-16(15-4-5-17-18(14-15)25-11-10-24-17)2-1-3-19(23)21-8-6-20(7-9-21)26-12-13-27-20/h4-5,14H,1-3,6-13H2. The first kappa shape index (κ1) is 18.3. The van der Waals surface area contributed by atoms with Gasteiger partial charge in [-0.1, -0.05) is 0 Å². The third-order valence-corrected chi connectivity index (χ3v) is 5.35. The molecule has 0 unspecified atom stereocenters. The minimum Gasteiger partial charge on any atom is -0.486 e. The van der Waals surface area contributed by atoms with E-state index in [4.69, 9.17) is 18.9 Å². The summed E-state index contributed by atoms with van der Waals surface area (Å²) in [5.74, 6) is 0.932. The van der Waals surface area contributed by atoms with Crippen molar-refractivity contribution in [2.24, 2.45) is 0 Å². The zero-order valence-electron chi connectivity index (χ0n) is 15.4. The normalized spacial score (nSPS) is 20.7. The van der Waals surface area contributed by atoms with Gasteiger partial charge in [0, 0.05) is 44.3 Å². The number of hydrogen-bond donors (Lipinski definition) is 0. The number of rotatable bonds is 5. The maximum Gasteiger partial charge on any atom is 0.222 e. The minimum absolute atomic E-state index is 0.0186. The molecule has 4 rings (SSSR count). The fraction of sp³-hybridized carbons (Fsp3) is 0.600. The van der Waals surface area contributed by atoms with Crippen LogP contribution in [0.5, 0.6) is 11.5 Å². The van der Waals surface area contributed by atoms with Crippen molar-refractivity contribution in [2.45, 2.75) is 37.9 Å². The summed E-state index contributed by atoms with van der Waals surface area (Å²) in [4.78, 5) is 26.7. The highest BCUT2D eigenvalue weighted by Gasteiger charge is 2.40. The lowest BCUT2D eigenvalue weighted by Crippen LogP contribution is -2.47. The van der Waals surface area contributed by atoms with Crippen LogP contribution in [-0.4, -0.2) is 61.9 Å². The molecular weight excluding hydrogens is 350 g/mol. The van der Waals surface area contributed by atoms with Crippen LogP contribution >= 0.6 is 0 Å². The van der Waals surface area contributed by atoms with Gasteiger partial charge >= 0.3 is 0 Å². The Morgan fingerprint density at radius 1 is 0.926 bits per heavy atom. The fourth-order valence-electron chi connectivity index (χ4n) is 3.80. The summed E-state index contributed by atoms with van der Waals surface area (Å²) >= 11 is 0. The van der Waals surface area contributed by atoms with Gasteiger partial charge in [-0.15, -0.1) is 0 Å². The van der Waals surface area contributed by atoms with Crippen molar-refractivity contribution < 1.29 is 28.5 Å². The molecule has 2 saturated heterocycles. The van der Waals surface area contributed by atoms with E-state index < -0.39 is 5.79 Å². The lowest BCUT2D eigenvalue weighted by atomic mass is 10.0. The number of carbonyl (C=O) groups is 2. The van der Waals surface area contributed by atoms with Gasteiger partial charge in [-0.2, -0.15) is 0 Å². The monoisotopic (exact) mass is 375 g/mol. The Labute approximate surface area is 158 Å². The first-order valence-electron chi connectivity index (χ1n) is 9.64. The van der Waals surface area contributed by atoms with E-state index >= 15 is 0 Å². The van der Waals surface area contributed by atoms with Gasteiger partial charge in [0.25, 0.3) is 0 Å². The van der Waals surface area contributed by atoms with Gasteiger partial charge in [0.2, 0.25) is 5.91 Å². The maximum atomic E-state index is 12.4. The molecule has 0 bridgehead atoms. The van der Waals surface area contributed by atoms with Gasteiger partial charge in [-0.05, 0) is 24.6 Å². The molecule has 0 aromatic heterocycles. The Hall–Kier alpha value is -2.12. The Bertz CT molecular complexity index is 702. The summed E-state index contributed by atoms with van der Waals surface area (Å²) in [6.07, 6.45) is 2.70. The number of Topliss-reactive ketones (excluding diaryl/α,β-unsaturated/α-hetero) is 1. The largest absolute Gasteiger partial charge is 0.486 e. The molecule has 3 heterocycles. The van der Waals surface area contributed by atoms with E-state index in [1.165, 1.54) is 0 Å². The van der Waals surface area contributed by atoms with Crippen molar-refractivity contribution in [1.29, 1.82) is 0 Å². The van der Waals surface area contributed by atoms with Crippen molar-refractivity contribution in [1.82, 2.24) is 4.90 Å². The number of likely N-dealkylation sites (tertiary alicyclic amines) is 1. The second-order valence-corrected chi connectivity index (χ2v) is 7.12. The minimum atomic E-state index is -0.467. The zero-order chi connectivity index (χ0) is 18.7. The third-order valence-electron chi connectivity index (χ3n) is 5.35. The van der Waals surface area contributed by atoms with E-state index in [9.17, 15) is 9.59 Å². The Morgan fingerprint density at radius 2 is 1.63 bits per heavy atom. The molecule has 7 heteroatoms. The molecule has 0 saturated carbocycles. The van der Waals surface area contributed by atoms with Crippen LogP contribution < -0.4 is 9.47 Å². The summed E-state index contributed by atoms with van der Waals surface area (Å²) in [5, 5.41) is 0. The smallest absolute Gasteiger partial charge is 0.222 e. The zero-order valence-corrected chi connectivity index (χ0v) is 15.4. The van der Waals surface area contributed by atoms with Gasteiger partial charge in [-0.3, -0.25) is 9.59 Å². The molecule has 1 aromatic carbocycles. The highest BCUT2D eigenvalue weighted by Crippen LogP contribution is 2.32. The van der Waals surface area contributed by atoms with E-state index in [-0.39, 0.29) is 11.7 Å². The number of ether oxygens (including phenoxy) is 4. The van der Waals surface area contributed by atoms with Crippen molar-refractivity contribution >= 4 is 11.7 Å². The van der Waals surface area contributed by atoms with Gasteiger partial charge in [0.05, 0.1) is 13.2 Å². The highest BCUT2D eigenvalue weighted by molar-refractivity contribution is 5.96. The summed E-state index contributed by atoms with van der Waals surface area (Å²) in [7, 11) is 0. The number of fused-ring (bicyclic) bond motifs is 1. The van der Waals surface area contributed by atoms with Crippen LogP contribution in [0.2, 0.25) is 0 Å². The first-order chi connectivity index (χ1) is 13.2. The first-order valence-corrected chi connectivity index (χ1v) is 9.64. The van der Waals surface area contributed by atoms with Crippen LogP contribution in [0.3, 0.4) is 0 Å². The number of ketones is 1. The fourth-order valence-corrected chi connectivity index (χ4v) is 3.80. The Morgan fingerprint density at radius 3 is 2.37 bits per heavy atom. The van der Waals surface area contributed by atoms with E-state index in [2.05, 4.69) is 0 Å². The quantitative estimate of drug-likeness (QED) is 0.735. The second kappa shape index (κ2) is 7.86. The number of nitrogens with zero attached hydrogens (tertiary/aromatic N) is 1. The van der Waals surface area contributed by atoms with Crippen molar-refractivity contribution in [2.75, 3.05) is 39.5 Å².